The number of amides is 13. The molecule has 9 rings (SSSR count). The van der Waals surface area contributed by atoms with Gasteiger partial charge in [0.15, 0.2) is 0 Å². The number of rotatable bonds is 50. The molecule has 134 heavy (non-hydrogen) atoms. The number of nitrogens with zero attached hydrogens (tertiary/aromatic N) is 8. The standard InChI is InChI=1S/C91H113N17O26/c1-56(98-79(118)64-30-35-92-36-31-64)85(124)105-41-7-12-70(105)83(122)100-67-24-17-59(18-25-67)54-133-90(131)107(89(130)108(73(88(128)129)28-29-75(110)111)91(132)134-55-60-19-26-68(27-20-60)101-84(123)71-13-8-42-106(71)86(125)57(2)99-80(119)65-32-37-93-38-33-65)72(87(126)127)11-5-6-34-96-82(121)69(48-61-16-21-62-9-3-4-10-66(62)47-61)102-81(120)63-22-14-58(15-23-63)49-97-74(109)52-103(43-39-94-50-76(112)113)45-46-104(53-78(116)117)44-40-95-51-77(114)115/h3-4,9-10,16-21,24-27,30-33,35-38,47,56-58,63,69-73,94-95H,5-8,11-15,22-23,28-29,34,39-46,48-55H2,1-2H3,(H,96,121)(H,97,109)(H,98,118)(H,99,119)(H,100,122)(H,101,123)(H,102,120)(H,110,111)(H,112,113)(H,114,115)(H,116,117)(H,126,127)(H,128,129)/t56-,57-,58?,63?,69+,70+,71+,72+,73+/m1/s1. The summed E-state index contributed by atoms with van der Waals surface area (Å²) in [6.07, 6.45) is 2.14. The maximum Gasteiger partial charge on any atom is 0.419 e. The van der Waals surface area contributed by atoms with Crippen molar-refractivity contribution in [1.82, 2.24) is 76.6 Å². The van der Waals surface area contributed by atoms with Crippen molar-refractivity contribution in [2.45, 2.75) is 159 Å². The van der Waals surface area contributed by atoms with Crippen molar-refractivity contribution in [3.63, 3.8) is 0 Å². The van der Waals surface area contributed by atoms with E-state index in [0.717, 1.165) is 10.8 Å². The van der Waals surface area contributed by atoms with Gasteiger partial charge in [-0.05, 0) is 173 Å². The molecule has 4 aromatic carbocycles. The fourth-order valence-corrected chi connectivity index (χ4v) is 15.7. The maximum atomic E-state index is 15.4. The van der Waals surface area contributed by atoms with Crippen LogP contribution in [0.1, 0.15) is 135 Å². The summed E-state index contributed by atoms with van der Waals surface area (Å²) in [5.74, 6) is -14.2. The van der Waals surface area contributed by atoms with Crippen LogP contribution in [0.4, 0.5) is 25.8 Å². The molecule has 1 saturated carbocycles. The lowest BCUT2D eigenvalue weighted by Gasteiger charge is -2.33. The Balaban J connectivity index is 0.878. The fourth-order valence-electron chi connectivity index (χ4n) is 15.7. The first-order valence-electron chi connectivity index (χ1n) is 44.0. The van der Waals surface area contributed by atoms with Gasteiger partial charge in [-0.15, -0.1) is 0 Å². The highest BCUT2D eigenvalue weighted by Crippen LogP contribution is 2.31. The number of carboxylic acids is 6. The number of nitrogens with one attached hydrogen (secondary N) is 9. The number of ether oxygens (including phenoxy) is 2. The van der Waals surface area contributed by atoms with E-state index >= 15 is 4.79 Å². The first-order valence-corrected chi connectivity index (χ1v) is 44.0. The van der Waals surface area contributed by atoms with Gasteiger partial charge in [-0.25, -0.2) is 33.8 Å². The average Bonchev–Trinajstić information content (AvgIpc) is 1.10. The molecule has 3 fully saturated rings. The van der Waals surface area contributed by atoms with Crippen molar-refractivity contribution in [3.8, 4) is 0 Å². The number of imide groups is 2. The lowest BCUT2D eigenvalue weighted by atomic mass is 9.81. The quantitative estimate of drug-likeness (QED) is 0.0243. The van der Waals surface area contributed by atoms with E-state index in [-0.39, 0.29) is 179 Å². The number of urea groups is 1. The van der Waals surface area contributed by atoms with Gasteiger partial charge in [0.05, 0.1) is 26.2 Å². The van der Waals surface area contributed by atoms with Crippen LogP contribution in [-0.2, 0) is 91.4 Å². The van der Waals surface area contributed by atoms with E-state index in [1.807, 2.05) is 36.4 Å². The van der Waals surface area contributed by atoms with Crippen LogP contribution in [0.15, 0.2) is 140 Å². The molecule has 2 saturated heterocycles. The third kappa shape index (κ3) is 32.2. The number of carboxylic acid groups (broad SMARTS) is 6. The smallest absolute Gasteiger partial charge is 0.419 e. The number of pyridine rings is 2. The molecular formula is C91H113N17O26. The van der Waals surface area contributed by atoms with Crippen LogP contribution < -0.4 is 47.9 Å². The molecule has 0 unspecified atom stereocenters. The van der Waals surface area contributed by atoms with E-state index < -0.39 is 182 Å². The Morgan fingerprint density at radius 3 is 1.41 bits per heavy atom. The summed E-state index contributed by atoms with van der Waals surface area (Å²) in [5.41, 5.74) is 1.85. The number of carbonyl (C=O) groups is 18. The van der Waals surface area contributed by atoms with Gasteiger partial charge in [0.1, 0.15) is 55.5 Å². The van der Waals surface area contributed by atoms with Crippen LogP contribution in [-0.4, -0.2) is 311 Å². The number of aromatic nitrogens is 2. The number of benzene rings is 4. The Morgan fingerprint density at radius 2 is 0.940 bits per heavy atom. The zero-order valence-electron chi connectivity index (χ0n) is 74.1. The van der Waals surface area contributed by atoms with Crippen molar-refractivity contribution in [2.24, 2.45) is 11.8 Å². The first-order chi connectivity index (χ1) is 64.2. The molecule has 13 amide bonds. The molecule has 1 aliphatic carbocycles. The number of hydrogen-bond acceptors (Lipinski definition) is 26. The van der Waals surface area contributed by atoms with Crippen LogP contribution in [0.2, 0.25) is 0 Å². The zero-order valence-corrected chi connectivity index (χ0v) is 74.1. The summed E-state index contributed by atoms with van der Waals surface area (Å²) in [6.45, 7) is 1.78. The van der Waals surface area contributed by atoms with E-state index in [2.05, 4.69) is 57.8 Å². The molecule has 718 valence electrons. The van der Waals surface area contributed by atoms with E-state index in [1.54, 1.807) is 15.9 Å². The summed E-state index contributed by atoms with van der Waals surface area (Å²) in [4.78, 5) is 255. The van der Waals surface area contributed by atoms with E-state index in [9.17, 15) is 102 Å². The van der Waals surface area contributed by atoms with Gasteiger partial charge in [0.25, 0.3) is 11.8 Å². The zero-order chi connectivity index (χ0) is 96.9. The molecule has 2 aliphatic heterocycles. The predicted octanol–water partition coefficient (Wildman–Crippen LogP) is 3.57. The van der Waals surface area contributed by atoms with E-state index in [0.29, 0.717) is 44.1 Å². The number of fused-ring (bicyclic) bond motifs is 1. The normalized spacial score (nSPS) is 16.3. The van der Waals surface area contributed by atoms with Crippen molar-refractivity contribution in [3.05, 3.63) is 168 Å². The minimum atomic E-state index is -2.48. The largest absolute Gasteiger partial charge is 0.481 e. The third-order valence-corrected chi connectivity index (χ3v) is 22.9. The highest BCUT2D eigenvalue weighted by atomic mass is 16.6. The molecule has 4 heterocycles. The molecule has 43 nitrogen and oxygen atoms in total. The SMILES string of the molecule is C[C@@H](NC(=O)c1ccncc1)C(=O)N1CCC[C@H]1C(=O)Nc1ccc(COC(=O)N(C(=O)N(C(=O)OCc2ccc(NC(=O)[C@@H]3CCCN3C(=O)[C@@H](C)NC(=O)c3ccncc3)cc2)[C@@H](CCC(=O)O)C(=O)O)[C@@H](CCCCNC(=O)[C@H](Cc2ccc3ccccc3c2)NC(=O)C2CCC(CNC(=O)CN(CCNCC(=O)O)CCN(CCNCC(=O)O)CC(=O)O)CC2)C(=O)O)cc1. The van der Waals surface area contributed by atoms with Gasteiger partial charge in [0, 0.05) is 131 Å². The molecule has 7 atom stereocenters. The second-order valence-corrected chi connectivity index (χ2v) is 32.7. The summed E-state index contributed by atoms with van der Waals surface area (Å²) in [5, 5.41) is 86.1. The fraction of sp³-hybridized carbons (Fsp3) is 0.451. The molecule has 0 radical (unpaired) electrons. The molecule has 3 aliphatic rings. The van der Waals surface area contributed by atoms with Crippen LogP contribution in [0.5, 0.6) is 0 Å². The number of anilines is 2. The van der Waals surface area contributed by atoms with E-state index in [1.165, 1.54) is 121 Å². The second kappa shape index (κ2) is 52.0. The Bertz CT molecular complexity index is 5130. The van der Waals surface area contributed by atoms with Gasteiger partial charge in [-0.3, -0.25) is 82.1 Å². The molecule has 0 spiro atoms. The monoisotopic (exact) mass is 1860 g/mol. The number of carbonyl (C=O) groups excluding carboxylic acids is 12. The predicted molar refractivity (Wildman–Crippen MR) is 478 cm³/mol. The number of hydrogen-bond donors (Lipinski definition) is 15. The minimum Gasteiger partial charge on any atom is -0.481 e. The van der Waals surface area contributed by atoms with Gasteiger partial charge in [-0.2, -0.15) is 0 Å². The molecule has 15 N–H and O–H groups in total. The molecular weight excluding hydrogens is 1750 g/mol. The minimum absolute atomic E-state index is 0.0144. The van der Waals surface area contributed by atoms with Gasteiger partial charge < -0.3 is 97.8 Å². The highest BCUT2D eigenvalue weighted by molar-refractivity contribution is 6.05. The Kier molecular flexibility index (Phi) is 40.0. The topological polar surface area (TPSA) is 601 Å². The van der Waals surface area contributed by atoms with Crippen molar-refractivity contribution >= 4 is 129 Å². The van der Waals surface area contributed by atoms with Gasteiger partial charge >= 0.3 is 54.0 Å². The van der Waals surface area contributed by atoms with Crippen molar-refractivity contribution in [2.75, 3.05) is 102 Å². The maximum absolute atomic E-state index is 15.4. The molecule has 6 aromatic rings. The lowest BCUT2D eigenvalue weighted by Crippen LogP contribution is -2.59. The lowest BCUT2D eigenvalue weighted by molar-refractivity contribution is -0.144. The summed E-state index contributed by atoms with van der Waals surface area (Å²) >= 11 is 0. The van der Waals surface area contributed by atoms with Crippen molar-refractivity contribution < 1.29 is 126 Å². The van der Waals surface area contributed by atoms with Crippen molar-refractivity contribution in [1.29, 1.82) is 0 Å². The van der Waals surface area contributed by atoms with Gasteiger partial charge in [0.2, 0.25) is 41.4 Å². The van der Waals surface area contributed by atoms with Crippen LogP contribution >= 0.6 is 0 Å². The average molecular weight is 1860 g/mol. The number of unbranched alkanes of at least 4 members (excludes halogenated alkanes) is 1. The molecule has 0 bridgehead atoms. The summed E-state index contributed by atoms with van der Waals surface area (Å²) in [7, 11) is 0. The molecule has 2 aromatic heterocycles. The Hall–Kier alpha value is -14.5. The van der Waals surface area contributed by atoms with E-state index in [4.69, 9.17) is 19.7 Å². The first kappa shape index (κ1) is 103. The highest BCUT2D eigenvalue weighted by Gasteiger charge is 2.47. The third-order valence-electron chi connectivity index (χ3n) is 22.9. The Labute approximate surface area is 770 Å². The number of likely N-dealkylation sites (tertiary alicyclic amines) is 2. The summed E-state index contributed by atoms with van der Waals surface area (Å²) < 4.78 is 11.1. The summed E-state index contributed by atoms with van der Waals surface area (Å²) in [6, 6.07) is 17.9. The molecule has 43 heteroatoms. The van der Waals surface area contributed by atoms with Crippen LogP contribution in [0, 0.1) is 11.8 Å². The Morgan fingerprint density at radius 1 is 0.470 bits per heavy atom. The number of aliphatic carboxylic acids is 6. The van der Waals surface area contributed by atoms with Crippen LogP contribution in [0.25, 0.3) is 10.8 Å². The second-order valence-electron chi connectivity index (χ2n) is 32.7. The van der Waals surface area contributed by atoms with Crippen LogP contribution in [0.3, 0.4) is 0 Å². The van der Waals surface area contributed by atoms with Gasteiger partial charge in [-0.1, -0.05) is 66.7 Å².